The Labute approximate surface area is 247 Å². The van der Waals surface area contributed by atoms with Crippen molar-refractivity contribution in [2.45, 2.75) is 64.4 Å². The molecule has 2 aromatic carbocycles. The smallest absolute Gasteiger partial charge is 0.174 e. The summed E-state index contributed by atoms with van der Waals surface area (Å²) in [5.41, 5.74) is 5.49. The molecule has 0 unspecified atom stereocenters. The normalized spacial score (nSPS) is 18.1. The average molecular weight is 666 g/mol. The van der Waals surface area contributed by atoms with E-state index in [1.54, 1.807) is 19.2 Å². The number of carbonyl (C=O) groups is 2. The summed E-state index contributed by atoms with van der Waals surface area (Å²) in [6, 6.07) is 9.27. The van der Waals surface area contributed by atoms with Crippen molar-refractivity contribution in [3.8, 4) is 11.5 Å². The number of carbonyl (C=O) groups excluding carboxylic acids is 2. The standard InChI is InChI=1S/C30H30Cl2INO4/c1-3-12-34-22-6-4-8-24(35)28(22)27(29-23(34)7-5-9-25(29)36)18-13-21(33)30(26(14-18)37-2)38-16-17-10-11-19(31)15-20(17)32/h10-11,13-15,27H,3-9,12,16H2,1-2H3. The molecule has 3 aliphatic rings. The molecular formula is C30H30Cl2INO4. The third-order valence-electron chi connectivity index (χ3n) is 7.51. The van der Waals surface area contributed by atoms with Crippen LogP contribution in [0.1, 0.15) is 68.9 Å². The molecule has 1 heterocycles. The lowest BCUT2D eigenvalue weighted by atomic mass is 9.71. The Kier molecular flexibility index (Phi) is 8.41. The van der Waals surface area contributed by atoms with Crippen molar-refractivity contribution in [3.05, 3.63) is 77.6 Å². The highest BCUT2D eigenvalue weighted by molar-refractivity contribution is 14.1. The van der Waals surface area contributed by atoms with E-state index >= 15 is 0 Å². The molecular weight excluding hydrogens is 636 g/mol. The van der Waals surface area contributed by atoms with Crippen molar-refractivity contribution < 1.29 is 19.1 Å². The highest BCUT2D eigenvalue weighted by Gasteiger charge is 2.43. The molecule has 0 saturated heterocycles. The Bertz CT molecular complexity index is 1320. The predicted octanol–water partition coefficient (Wildman–Crippen LogP) is 8.01. The molecule has 0 N–H and O–H groups in total. The lowest BCUT2D eigenvalue weighted by Gasteiger charge is -2.44. The molecule has 0 fully saturated rings. The molecule has 0 amide bonds. The number of hydrogen-bond acceptors (Lipinski definition) is 5. The maximum atomic E-state index is 13.5. The van der Waals surface area contributed by atoms with Gasteiger partial charge in [-0.15, -0.1) is 0 Å². The number of rotatable bonds is 7. The molecule has 8 heteroatoms. The molecule has 0 saturated carbocycles. The van der Waals surface area contributed by atoms with Crippen molar-refractivity contribution in [3.63, 3.8) is 0 Å². The summed E-state index contributed by atoms with van der Waals surface area (Å²) >= 11 is 14.6. The maximum absolute atomic E-state index is 13.5. The van der Waals surface area contributed by atoms with Crippen LogP contribution in [-0.4, -0.2) is 30.1 Å². The molecule has 0 bridgehead atoms. The summed E-state index contributed by atoms with van der Waals surface area (Å²) in [6.45, 7) is 3.22. The Morgan fingerprint density at radius 3 is 2.21 bits per heavy atom. The van der Waals surface area contributed by atoms with Gasteiger partial charge in [-0.3, -0.25) is 9.59 Å². The first-order valence-electron chi connectivity index (χ1n) is 13.1. The highest BCUT2D eigenvalue weighted by Crippen LogP contribution is 2.50. The number of halogens is 3. The Hall–Kier alpha value is -2.03. The largest absolute Gasteiger partial charge is 0.493 e. The van der Waals surface area contributed by atoms with E-state index in [1.807, 2.05) is 18.2 Å². The number of hydrogen-bond donors (Lipinski definition) is 0. The molecule has 2 aliphatic carbocycles. The van der Waals surface area contributed by atoms with Crippen LogP contribution in [-0.2, 0) is 16.2 Å². The van der Waals surface area contributed by atoms with Gasteiger partial charge in [-0.1, -0.05) is 36.2 Å². The van der Waals surface area contributed by atoms with Crippen molar-refractivity contribution >= 4 is 57.4 Å². The fraction of sp³-hybridized carbons (Fsp3) is 0.400. The Morgan fingerprint density at radius 2 is 1.63 bits per heavy atom. The fourth-order valence-corrected chi connectivity index (χ4v) is 7.12. The number of ketones is 2. The second kappa shape index (κ2) is 11.6. The number of allylic oxidation sites excluding steroid dienone is 4. The van der Waals surface area contributed by atoms with E-state index in [1.165, 1.54) is 0 Å². The summed E-state index contributed by atoms with van der Waals surface area (Å²) in [4.78, 5) is 29.2. The van der Waals surface area contributed by atoms with Gasteiger partial charge in [0.2, 0.25) is 0 Å². The first-order chi connectivity index (χ1) is 18.3. The summed E-state index contributed by atoms with van der Waals surface area (Å²) in [5, 5.41) is 1.10. The van der Waals surface area contributed by atoms with Crippen molar-refractivity contribution in [1.29, 1.82) is 0 Å². The van der Waals surface area contributed by atoms with E-state index in [9.17, 15) is 9.59 Å². The fourth-order valence-electron chi connectivity index (χ4n) is 5.88. The summed E-state index contributed by atoms with van der Waals surface area (Å²) in [6.07, 6.45) is 5.41. The van der Waals surface area contributed by atoms with Gasteiger partial charge in [-0.2, -0.15) is 0 Å². The van der Waals surface area contributed by atoms with Gasteiger partial charge in [0.1, 0.15) is 6.61 Å². The molecule has 5 nitrogen and oxygen atoms in total. The van der Waals surface area contributed by atoms with Crippen LogP contribution < -0.4 is 9.47 Å². The first kappa shape index (κ1) is 27.5. The monoisotopic (exact) mass is 665 g/mol. The first-order valence-corrected chi connectivity index (χ1v) is 14.9. The number of ether oxygens (including phenoxy) is 2. The molecule has 0 aromatic heterocycles. The van der Waals surface area contributed by atoms with Gasteiger partial charge < -0.3 is 14.4 Å². The Balaban J connectivity index is 1.59. The SMILES string of the molecule is CCCN1C2=C(C(=O)CCC2)C(c2cc(I)c(OCc3ccc(Cl)cc3Cl)c(OC)c2)C2=C1CCCC2=O. The zero-order valence-electron chi connectivity index (χ0n) is 21.5. The van der Waals surface area contributed by atoms with Crippen LogP contribution in [0.3, 0.4) is 0 Å². The van der Waals surface area contributed by atoms with Gasteiger partial charge in [0.05, 0.1) is 10.7 Å². The quantitative estimate of drug-likeness (QED) is 0.281. The van der Waals surface area contributed by atoms with Crippen LogP contribution in [0.25, 0.3) is 0 Å². The van der Waals surface area contributed by atoms with E-state index in [4.69, 9.17) is 32.7 Å². The predicted molar refractivity (Wildman–Crippen MR) is 158 cm³/mol. The molecule has 0 radical (unpaired) electrons. The van der Waals surface area contributed by atoms with Crippen LogP contribution in [0.4, 0.5) is 0 Å². The molecule has 38 heavy (non-hydrogen) atoms. The van der Waals surface area contributed by atoms with E-state index in [-0.39, 0.29) is 24.1 Å². The zero-order valence-corrected chi connectivity index (χ0v) is 25.2. The molecule has 2 aromatic rings. The second-order valence-corrected chi connectivity index (χ2v) is 11.9. The third kappa shape index (κ3) is 5.11. The maximum Gasteiger partial charge on any atom is 0.174 e. The van der Waals surface area contributed by atoms with Crippen LogP contribution in [0, 0.1) is 3.57 Å². The van der Waals surface area contributed by atoms with Crippen LogP contribution >= 0.6 is 45.8 Å². The molecule has 5 rings (SSSR count). The lowest BCUT2D eigenvalue weighted by molar-refractivity contribution is -0.117. The van der Waals surface area contributed by atoms with Gasteiger partial charge in [-0.25, -0.2) is 0 Å². The van der Waals surface area contributed by atoms with E-state index in [2.05, 4.69) is 34.4 Å². The Morgan fingerprint density at radius 1 is 0.974 bits per heavy atom. The second-order valence-electron chi connectivity index (χ2n) is 9.92. The van der Waals surface area contributed by atoms with E-state index < -0.39 is 0 Å². The number of nitrogens with zero attached hydrogens (tertiary/aromatic N) is 1. The van der Waals surface area contributed by atoms with Crippen LogP contribution in [0.2, 0.25) is 10.0 Å². The van der Waals surface area contributed by atoms with Gasteiger partial charge in [-0.05, 0) is 84.5 Å². The minimum absolute atomic E-state index is 0.147. The van der Waals surface area contributed by atoms with Crippen molar-refractivity contribution in [2.24, 2.45) is 0 Å². The third-order valence-corrected chi connectivity index (χ3v) is 8.89. The van der Waals surface area contributed by atoms with Crippen molar-refractivity contribution in [1.82, 2.24) is 4.90 Å². The van der Waals surface area contributed by atoms with Crippen LogP contribution in [0.15, 0.2) is 52.9 Å². The summed E-state index contributed by atoms with van der Waals surface area (Å²) < 4.78 is 12.8. The van der Waals surface area contributed by atoms with Gasteiger partial charge in [0, 0.05) is 63.5 Å². The topological polar surface area (TPSA) is 55.8 Å². The highest BCUT2D eigenvalue weighted by atomic mass is 127. The summed E-state index contributed by atoms with van der Waals surface area (Å²) in [7, 11) is 1.61. The number of methoxy groups -OCH3 is 1. The van der Waals surface area contributed by atoms with Gasteiger partial charge in [0.25, 0.3) is 0 Å². The van der Waals surface area contributed by atoms with Crippen molar-refractivity contribution in [2.75, 3.05) is 13.7 Å². The van der Waals surface area contributed by atoms with Gasteiger partial charge >= 0.3 is 0 Å². The summed E-state index contributed by atoms with van der Waals surface area (Å²) in [5.74, 6) is 1.07. The van der Waals surface area contributed by atoms with Gasteiger partial charge in [0.15, 0.2) is 23.1 Å². The van der Waals surface area contributed by atoms with Crippen LogP contribution in [0.5, 0.6) is 11.5 Å². The zero-order chi connectivity index (χ0) is 27.0. The molecule has 0 atom stereocenters. The minimum Gasteiger partial charge on any atom is -0.493 e. The number of benzene rings is 2. The molecule has 200 valence electrons. The lowest BCUT2D eigenvalue weighted by Crippen LogP contribution is -2.39. The van der Waals surface area contributed by atoms with E-state index in [0.29, 0.717) is 34.4 Å². The van der Waals surface area contributed by atoms with E-state index in [0.717, 1.165) is 75.9 Å². The number of Topliss-reactive ketones (excluding diaryl/α,β-unsaturated/α-hetero) is 2. The minimum atomic E-state index is -0.379. The average Bonchev–Trinajstić information content (AvgIpc) is 2.89. The molecule has 1 aliphatic heterocycles. The molecule has 0 spiro atoms.